The van der Waals surface area contributed by atoms with Crippen LogP contribution in [0, 0.1) is 11.8 Å². The van der Waals surface area contributed by atoms with Crippen LogP contribution in [0.15, 0.2) is 10.9 Å². The normalized spacial score (nSPS) is 29.6. The fourth-order valence-corrected chi connectivity index (χ4v) is 3.45. The topological polar surface area (TPSA) is 66.1 Å². The molecule has 0 spiro atoms. The predicted octanol–water partition coefficient (Wildman–Crippen LogP) is 1.76. The maximum absolute atomic E-state index is 13.4. The monoisotopic (exact) mass is 309 g/mol. The van der Waals surface area contributed by atoms with Crippen LogP contribution in [0.5, 0.6) is 0 Å². The molecule has 2 unspecified atom stereocenters. The summed E-state index contributed by atoms with van der Waals surface area (Å²) >= 11 is 0. The molecule has 1 aromatic rings. The van der Waals surface area contributed by atoms with Gasteiger partial charge in [0, 0.05) is 36.9 Å². The molecule has 1 aliphatic heterocycles. The Hall–Kier alpha value is -1.79. The Bertz CT molecular complexity index is 668. The molecule has 7 heteroatoms. The molecule has 22 heavy (non-hydrogen) atoms. The molecule has 0 radical (unpaired) electrons. The lowest BCUT2D eigenvalue weighted by Gasteiger charge is -2.21. The van der Waals surface area contributed by atoms with Crippen LogP contribution in [0.4, 0.5) is 8.78 Å². The van der Waals surface area contributed by atoms with Gasteiger partial charge in [0.25, 0.3) is 17.4 Å². The van der Waals surface area contributed by atoms with Crippen molar-refractivity contribution in [3.63, 3.8) is 0 Å². The van der Waals surface area contributed by atoms with Crippen LogP contribution in [-0.4, -0.2) is 39.8 Å². The number of nitrogens with one attached hydrogen (secondary N) is 1. The number of rotatable bonds is 2. The number of aromatic nitrogens is 2. The lowest BCUT2D eigenvalue weighted by atomic mass is 10.2. The zero-order valence-electron chi connectivity index (χ0n) is 12.0. The zero-order chi connectivity index (χ0) is 15.5. The summed E-state index contributed by atoms with van der Waals surface area (Å²) in [5, 5.41) is 0. The van der Waals surface area contributed by atoms with Crippen LogP contribution in [0.25, 0.3) is 0 Å². The van der Waals surface area contributed by atoms with Crippen molar-refractivity contribution < 1.29 is 13.6 Å². The second-order valence-corrected chi connectivity index (χ2v) is 6.55. The van der Waals surface area contributed by atoms with Gasteiger partial charge in [0.15, 0.2) is 0 Å². The summed E-state index contributed by atoms with van der Waals surface area (Å²) in [6.07, 6.45) is 2.59. The molecule has 0 bridgehead atoms. The van der Waals surface area contributed by atoms with E-state index in [4.69, 9.17) is 0 Å². The van der Waals surface area contributed by atoms with Crippen molar-refractivity contribution in [1.82, 2.24) is 14.9 Å². The molecule has 118 valence electrons. The quantitative estimate of drug-likeness (QED) is 0.905. The smallest absolute Gasteiger partial charge is 0.272 e. The summed E-state index contributed by atoms with van der Waals surface area (Å²) in [5.41, 5.74) is -0.197. The maximum Gasteiger partial charge on any atom is 0.272 e. The van der Waals surface area contributed by atoms with Gasteiger partial charge in [-0.25, -0.2) is 13.8 Å². The van der Waals surface area contributed by atoms with E-state index in [1.54, 1.807) is 4.90 Å². The van der Waals surface area contributed by atoms with Gasteiger partial charge in [-0.1, -0.05) is 0 Å². The number of fused-ring (bicyclic) bond motifs is 1. The van der Waals surface area contributed by atoms with Crippen LogP contribution < -0.4 is 5.56 Å². The SMILES string of the molecule is O=C(c1cc(=O)[nH]c(C2CC2)n1)N1CCC2C(CC1)C2(F)F. The molecule has 2 heterocycles. The lowest BCUT2D eigenvalue weighted by Crippen LogP contribution is -2.34. The fraction of sp³-hybridized carbons (Fsp3) is 0.667. The molecule has 3 fully saturated rings. The number of amides is 1. The van der Waals surface area contributed by atoms with E-state index in [0.717, 1.165) is 12.8 Å². The Morgan fingerprint density at radius 1 is 1.23 bits per heavy atom. The van der Waals surface area contributed by atoms with E-state index in [2.05, 4.69) is 9.97 Å². The highest BCUT2D eigenvalue weighted by Crippen LogP contribution is 2.59. The lowest BCUT2D eigenvalue weighted by molar-refractivity contribution is 0.0601. The molecule has 4 rings (SSSR count). The number of likely N-dealkylation sites (tertiary alicyclic amines) is 1. The van der Waals surface area contributed by atoms with E-state index in [9.17, 15) is 18.4 Å². The van der Waals surface area contributed by atoms with Gasteiger partial charge >= 0.3 is 0 Å². The number of halogens is 2. The summed E-state index contributed by atoms with van der Waals surface area (Å²) in [6, 6.07) is 1.20. The number of carbonyl (C=O) groups is 1. The van der Waals surface area contributed by atoms with Gasteiger partial charge in [-0.15, -0.1) is 0 Å². The number of carbonyl (C=O) groups excluding carboxylic acids is 1. The molecule has 5 nitrogen and oxygen atoms in total. The van der Waals surface area contributed by atoms with Gasteiger partial charge in [-0.2, -0.15) is 0 Å². The van der Waals surface area contributed by atoms with Crippen molar-refractivity contribution in [3.8, 4) is 0 Å². The second-order valence-electron chi connectivity index (χ2n) is 6.55. The van der Waals surface area contributed by atoms with Gasteiger partial charge in [0.2, 0.25) is 0 Å². The summed E-state index contributed by atoms with van der Waals surface area (Å²) < 4.78 is 26.7. The Labute approximate surface area is 125 Å². The van der Waals surface area contributed by atoms with Crippen LogP contribution in [0.1, 0.15) is 47.9 Å². The first kappa shape index (κ1) is 13.8. The van der Waals surface area contributed by atoms with Crippen LogP contribution in [-0.2, 0) is 0 Å². The summed E-state index contributed by atoms with van der Waals surface area (Å²) in [4.78, 5) is 32.7. The third-order valence-corrected chi connectivity index (χ3v) is 5.02. The largest absolute Gasteiger partial charge is 0.337 e. The van der Waals surface area contributed by atoms with Gasteiger partial charge in [-0.05, 0) is 25.7 Å². The van der Waals surface area contributed by atoms with Crippen molar-refractivity contribution in [2.45, 2.75) is 37.5 Å². The van der Waals surface area contributed by atoms with Gasteiger partial charge in [0.05, 0.1) is 0 Å². The van der Waals surface area contributed by atoms with Crippen molar-refractivity contribution in [1.29, 1.82) is 0 Å². The molecule has 0 aromatic carbocycles. The number of hydrogen-bond acceptors (Lipinski definition) is 3. The molecule has 2 saturated carbocycles. The second kappa shape index (κ2) is 4.60. The summed E-state index contributed by atoms with van der Waals surface area (Å²) in [7, 11) is 0. The summed E-state index contributed by atoms with van der Waals surface area (Å²) in [6.45, 7) is 0.617. The number of nitrogens with zero attached hydrogens (tertiary/aromatic N) is 2. The molecule has 1 N–H and O–H groups in total. The van der Waals surface area contributed by atoms with E-state index < -0.39 is 17.8 Å². The Balaban J connectivity index is 1.51. The molecule has 1 aromatic heterocycles. The predicted molar refractivity (Wildman–Crippen MR) is 73.9 cm³/mol. The van der Waals surface area contributed by atoms with E-state index in [1.165, 1.54) is 6.07 Å². The molecular formula is C15H17F2N3O2. The van der Waals surface area contributed by atoms with Crippen molar-refractivity contribution in [3.05, 3.63) is 27.9 Å². The maximum atomic E-state index is 13.4. The van der Waals surface area contributed by atoms with Crippen LogP contribution >= 0.6 is 0 Å². The van der Waals surface area contributed by atoms with Crippen LogP contribution in [0.2, 0.25) is 0 Å². The molecule has 1 saturated heterocycles. The van der Waals surface area contributed by atoms with E-state index in [0.29, 0.717) is 31.8 Å². The third-order valence-electron chi connectivity index (χ3n) is 5.02. The molecular weight excluding hydrogens is 292 g/mol. The highest BCUT2D eigenvalue weighted by molar-refractivity contribution is 5.92. The van der Waals surface area contributed by atoms with Crippen LogP contribution in [0.3, 0.4) is 0 Å². The molecule has 1 amide bonds. The highest BCUT2D eigenvalue weighted by Gasteiger charge is 2.67. The number of H-pyrrole nitrogens is 1. The number of alkyl halides is 2. The van der Waals surface area contributed by atoms with Crippen molar-refractivity contribution in [2.75, 3.05) is 13.1 Å². The molecule has 2 atom stereocenters. The van der Waals surface area contributed by atoms with Gasteiger partial charge in [-0.3, -0.25) is 9.59 Å². The first-order valence-electron chi connectivity index (χ1n) is 7.75. The Morgan fingerprint density at radius 2 is 1.86 bits per heavy atom. The molecule has 2 aliphatic carbocycles. The van der Waals surface area contributed by atoms with Gasteiger partial charge < -0.3 is 9.88 Å². The third kappa shape index (κ3) is 2.23. The summed E-state index contributed by atoms with van der Waals surface area (Å²) in [5.74, 6) is -3.22. The first-order valence-corrected chi connectivity index (χ1v) is 7.75. The first-order chi connectivity index (χ1) is 10.5. The zero-order valence-corrected chi connectivity index (χ0v) is 12.0. The average Bonchev–Trinajstić information content (AvgIpc) is 3.35. The number of hydrogen-bond donors (Lipinski definition) is 1. The minimum Gasteiger partial charge on any atom is -0.337 e. The average molecular weight is 309 g/mol. The number of aromatic amines is 1. The van der Waals surface area contributed by atoms with E-state index in [1.807, 2.05) is 0 Å². The van der Waals surface area contributed by atoms with E-state index in [-0.39, 0.29) is 23.1 Å². The van der Waals surface area contributed by atoms with E-state index >= 15 is 0 Å². The molecule has 3 aliphatic rings. The standard InChI is InChI=1S/C15H17F2N3O2/c16-15(17)9-3-5-20(6-4-10(9)15)14(22)11-7-12(21)19-13(18-11)8-1-2-8/h7-10H,1-6H2,(H,18,19,21). The minimum absolute atomic E-state index is 0.132. The Morgan fingerprint density at radius 3 is 2.45 bits per heavy atom. The van der Waals surface area contributed by atoms with Gasteiger partial charge in [0.1, 0.15) is 11.5 Å². The Kier molecular flexibility index (Phi) is 2.90. The van der Waals surface area contributed by atoms with Crippen molar-refractivity contribution >= 4 is 5.91 Å². The highest BCUT2D eigenvalue weighted by atomic mass is 19.3. The van der Waals surface area contributed by atoms with Crippen molar-refractivity contribution in [2.24, 2.45) is 11.8 Å². The minimum atomic E-state index is -2.55. The fourth-order valence-electron chi connectivity index (χ4n) is 3.45.